The maximum absolute atomic E-state index is 5.08. The second-order valence-corrected chi connectivity index (χ2v) is 8.54. The third-order valence-corrected chi connectivity index (χ3v) is 6.83. The predicted octanol–water partition coefficient (Wildman–Crippen LogP) is 3.35. The molecule has 6 nitrogen and oxygen atoms in total. The lowest BCUT2D eigenvalue weighted by Gasteiger charge is -2.36. The lowest BCUT2D eigenvalue weighted by Crippen LogP contribution is -2.52. The molecule has 2 aliphatic carbocycles. The largest absolute Gasteiger partial charge is 0.364 e. The van der Waals surface area contributed by atoms with Crippen LogP contribution in [-0.2, 0) is 13.0 Å². The maximum atomic E-state index is 5.08. The Kier molecular flexibility index (Phi) is 6.98. The average molecular weight is 521 g/mol. The van der Waals surface area contributed by atoms with E-state index in [2.05, 4.69) is 51.5 Å². The van der Waals surface area contributed by atoms with E-state index in [-0.39, 0.29) is 24.0 Å². The van der Waals surface area contributed by atoms with Crippen LogP contribution in [-0.4, -0.2) is 60.2 Å². The zero-order valence-electron chi connectivity index (χ0n) is 17.7. The Balaban J connectivity index is 0.00000218. The third-order valence-electron chi connectivity index (χ3n) is 6.83. The lowest BCUT2D eigenvalue weighted by molar-refractivity contribution is 0.169. The highest BCUT2D eigenvalue weighted by Gasteiger charge is 2.52. The van der Waals surface area contributed by atoms with Crippen LogP contribution in [0, 0.1) is 11.8 Å². The van der Waals surface area contributed by atoms with Gasteiger partial charge in [0.15, 0.2) is 5.96 Å². The molecule has 162 valence electrons. The van der Waals surface area contributed by atoms with Gasteiger partial charge in [-0.15, -0.1) is 24.0 Å². The summed E-state index contributed by atoms with van der Waals surface area (Å²) >= 11 is 0. The summed E-state index contributed by atoms with van der Waals surface area (Å²) in [6, 6.07) is 11.0. The SMILES string of the molecule is CCNC(=NCC1C2CCc3ccccc3C21)N1CCN(Cc2ccon2)CC1.I. The Morgan fingerprint density at radius 2 is 2.03 bits per heavy atom. The van der Waals surface area contributed by atoms with Gasteiger partial charge in [-0.1, -0.05) is 29.4 Å². The first-order valence-electron chi connectivity index (χ1n) is 11.1. The molecule has 0 bridgehead atoms. The molecule has 0 spiro atoms. The van der Waals surface area contributed by atoms with Gasteiger partial charge in [-0.3, -0.25) is 9.89 Å². The number of nitrogens with one attached hydrogen (secondary N) is 1. The molecule has 1 aliphatic heterocycles. The summed E-state index contributed by atoms with van der Waals surface area (Å²) in [5, 5.41) is 7.56. The van der Waals surface area contributed by atoms with Crippen LogP contribution in [0.2, 0.25) is 0 Å². The molecule has 2 heterocycles. The number of fused-ring (bicyclic) bond motifs is 3. The number of benzene rings is 1. The molecular formula is C23H32IN5O. The quantitative estimate of drug-likeness (QED) is 0.372. The monoisotopic (exact) mass is 521 g/mol. The van der Waals surface area contributed by atoms with Crippen LogP contribution < -0.4 is 5.32 Å². The fourth-order valence-corrected chi connectivity index (χ4v) is 5.24. The van der Waals surface area contributed by atoms with Crippen LogP contribution in [0.5, 0.6) is 0 Å². The number of nitrogens with zero attached hydrogens (tertiary/aromatic N) is 4. The van der Waals surface area contributed by atoms with Crippen molar-refractivity contribution in [3.05, 3.63) is 53.4 Å². The van der Waals surface area contributed by atoms with Gasteiger partial charge in [0, 0.05) is 51.9 Å². The van der Waals surface area contributed by atoms with Gasteiger partial charge in [-0.25, -0.2) is 0 Å². The topological polar surface area (TPSA) is 56.9 Å². The molecule has 30 heavy (non-hydrogen) atoms. The highest BCUT2D eigenvalue weighted by atomic mass is 127. The van der Waals surface area contributed by atoms with Gasteiger partial charge in [0.2, 0.25) is 0 Å². The summed E-state index contributed by atoms with van der Waals surface area (Å²) in [6.07, 6.45) is 4.22. The molecule has 1 saturated heterocycles. The Bertz CT molecular complexity index is 847. The van der Waals surface area contributed by atoms with E-state index in [0.29, 0.717) is 0 Å². The van der Waals surface area contributed by atoms with E-state index in [1.54, 1.807) is 17.4 Å². The number of aromatic nitrogens is 1. The Morgan fingerprint density at radius 1 is 1.20 bits per heavy atom. The maximum Gasteiger partial charge on any atom is 0.194 e. The van der Waals surface area contributed by atoms with Crippen molar-refractivity contribution >= 4 is 29.9 Å². The van der Waals surface area contributed by atoms with Crippen LogP contribution in [0.1, 0.15) is 36.1 Å². The van der Waals surface area contributed by atoms with Gasteiger partial charge >= 0.3 is 0 Å². The molecule has 3 unspecified atom stereocenters. The smallest absolute Gasteiger partial charge is 0.194 e. The predicted molar refractivity (Wildman–Crippen MR) is 129 cm³/mol. The molecule has 1 aromatic carbocycles. The van der Waals surface area contributed by atoms with Crippen molar-refractivity contribution in [2.75, 3.05) is 39.3 Å². The fourth-order valence-electron chi connectivity index (χ4n) is 5.24. The van der Waals surface area contributed by atoms with Crippen molar-refractivity contribution < 1.29 is 4.52 Å². The van der Waals surface area contributed by atoms with Crippen molar-refractivity contribution in [2.24, 2.45) is 16.8 Å². The van der Waals surface area contributed by atoms with E-state index in [9.17, 15) is 0 Å². The Hall–Kier alpha value is -1.61. The number of aryl methyl sites for hydroxylation is 1. The van der Waals surface area contributed by atoms with Crippen LogP contribution in [0.3, 0.4) is 0 Å². The molecular weight excluding hydrogens is 489 g/mol. The molecule has 0 radical (unpaired) electrons. The zero-order valence-corrected chi connectivity index (χ0v) is 20.0. The number of aliphatic imine (C=N–C) groups is 1. The molecule has 5 rings (SSSR count). The number of halogens is 1. The first-order valence-corrected chi connectivity index (χ1v) is 11.1. The first-order chi connectivity index (χ1) is 14.3. The zero-order chi connectivity index (χ0) is 19.6. The molecule has 1 N–H and O–H groups in total. The highest BCUT2D eigenvalue weighted by Crippen LogP contribution is 2.59. The minimum Gasteiger partial charge on any atom is -0.364 e. The van der Waals surface area contributed by atoms with Crippen molar-refractivity contribution in [3.8, 4) is 0 Å². The van der Waals surface area contributed by atoms with Crippen molar-refractivity contribution in [2.45, 2.75) is 32.2 Å². The first kappa shape index (κ1) is 21.6. The summed E-state index contributed by atoms with van der Waals surface area (Å²) in [4.78, 5) is 9.94. The van der Waals surface area contributed by atoms with Crippen molar-refractivity contribution in [1.29, 1.82) is 0 Å². The van der Waals surface area contributed by atoms with Crippen LogP contribution in [0.25, 0.3) is 0 Å². The normalized spacial score (nSPS) is 25.8. The van der Waals surface area contributed by atoms with E-state index >= 15 is 0 Å². The fraction of sp³-hybridized carbons (Fsp3) is 0.565. The average Bonchev–Trinajstić information content (AvgIpc) is 3.24. The van der Waals surface area contributed by atoms with Gasteiger partial charge < -0.3 is 14.7 Å². The number of rotatable bonds is 5. The van der Waals surface area contributed by atoms with E-state index in [1.165, 1.54) is 12.8 Å². The van der Waals surface area contributed by atoms with E-state index in [1.807, 2.05) is 6.07 Å². The van der Waals surface area contributed by atoms with Gasteiger partial charge in [0.25, 0.3) is 0 Å². The molecule has 2 fully saturated rings. The highest BCUT2D eigenvalue weighted by molar-refractivity contribution is 14.0. The van der Waals surface area contributed by atoms with Crippen LogP contribution in [0.4, 0.5) is 0 Å². The summed E-state index contributed by atoms with van der Waals surface area (Å²) in [5.41, 5.74) is 4.17. The third kappa shape index (κ3) is 4.51. The van der Waals surface area contributed by atoms with Gasteiger partial charge in [-0.2, -0.15) is 0 Å². The van der Waals surface area contributed by atoms with Crippen LogP contribution >= 0.6 is 24.0 Å². The van der Waals surface area contributed by atoms with E-state index < -0.39 is 0 Å². The summed E-state index contributed by atoms with van der Waals surface area (Å²) in [7, 11) is 0. The van der Waals surface area contributed by atoms with Crippen molar-refractivity contribution in [1.82, 2.24) is 20.3 Å². The lowest BCUT2D eigenvalue weighted by atomic mass is 9.92. The summed E-state index contributed by atoms with van der Waals surface area (Å²) < 4.78 is 4.95. The van der Waals surface area contributed by atoms with E-state index in [0.717, 1.165) is 75.2 Å². The number of hydrogen-bond donors (Lipinski definition) is 1. The molecule has 3 aliphatic rings. The molecule has 1 aromatic heterocycles. The number of guanidine groups is 1. The number of piperazine rings is 1. The molecule has 1 saturated carbocycles. The van der Waals surface area contributed by atoms with Gasteiger partial charge in [-0.05, 0) is 48.6 Å². The van der Waals surface area contributed by atoms with Gasteiger partial charge in [0.05, 0.1) is 5.69 Å². The molecule has 0 amide bonds. The molecule has 3 atom stereocenters. The Labute approximate surface area is 196 Å². The van der Waals surface area contributed by atoms with Crippen molar-refractivity contribution in [3.63, 3.8) is 0 Å². The standard InChI is InChI=1S/C23H31N5O.HI/c1-2-24-23(28-12-10-27(11-13-28)16-18-9-14-29-26-18)25-15-21-20-8-7-17-5-3-4-6-19(17)22(20)21;/h3-6,9,14,20-22H,2,7-8,10-13,15-16H2,1H3,(H,24,25);1H. The molecule has 7 heteroatoms. The Morgan fingerprint density at radius 3 is 2.80 bits per heavy atom. The number of hydrogen-bond acceptors (Lipinski definition) is 4. The summed E-state index contributed by atoms with van der Waals surface area (Å²) in [5.74, 6) is 3.40. The van der Waals surface area contributed by atoms with Gasteiger partial charge in [0.1, 0.15) is 6.26 Å². The second-order valence-electron chi connectivity index (χ2n) is 8.54. The minimum absolute atomic E-state index is 0. The minimum atomic E-state index is 0. The van der Waals surface area contributed by atoms with E-state index in [4.69, 9.17) is 9.52 Å². The summed E-state index contributed by atoms with van der Waals surface area (Å²) in [6.45, 7) is 8.95. The molecule has 2 aromatic rings. The van der Waals surface area contributed by atoms with Crippen LogP contribution in [0.15, 0.2) is 46.1 Å². The second kappa shape index (κ2) is 9.68.